The summed E-state index contributed by atoms with van der Waals surface area (Å²) in [4.78, 5) is 13.6. The van der Waals surface area contributed by atoms with Crippen molar-refractivity contribution in [2.75, 3.05) is 6.54 Å². The summed E-state index contributed by atoms with van der Waals surface area (Å²) in [6, 6.07) is 3.92. The van der Waals surface area contributed by atoms with Gasteiger partial charge in [0.1, 0.15) is 5.69 Å². The topological polar surface area (TPSA) is 67.2 Å². The van der Waals surface area contributed by atoms with E-state index in [1.165, 1.54) is 0 Å². The largest absolute Gasteiger partial charge is 0.392 e. The molecule has 0 radical (unpaired) electrons. The van der Waals surface area contributed by atoms with Crippen molar-refractivity contribution in [1.82, 2.24) is 15.1 Å². The first kappa shape index (κ1) is 16.2. The van der Waals surface area contributed by atoms with E-state index in [2.05, 4.69) is 17.3 Å². The lowest BCUT2D eigenvalue weighted by Gasteiger charge is -2.38. The third kappa shape index (κ3) is 3.33. The minimum Gasteiger partial charge on any atom is -0.392 e. The molecule has 2 aromatic heterocycles. The van der Waals surface area contributed by atoms with E-state index >= 15 is 0 Å². The van der Waals surface area contributed by atoms with Crippen LogP contribution in [0.1, 0.15) is 43.0 Å². The predicted molar refractivity (Wildman–Crippen MR) is 91.4 cm³/mol. The van der Waals surface area contributed by atoms with Crippen LogP contribution in [0.15, 0.2) is 23.7 Å². The molecule has 2 unspecified atom stereocenters. The second kappa shape index (κ2) is 6.45. The van der Waals surface area contributed by atoms with Gasteiger partial charge in [0, 0.05) is 25.2 Å². The molecule has 0 bridgehead atoms. The summed E-state index contributed by atoms with van der Waals surface area (Å²) in [5, 5.41) is 19.7. The molecule has 0 aliphatic heterocycles. The number of hydrogen-bond acceptors (Lipinski definition) is 4. The quantitative estimate of drug-likeness (QED) is 0.904. The van der Waals surface area contributed by atoms with Crippen molar-refractivity contribution in [3.05, 3.63) is 29.3 Å². The third-order valence-electron chi connectivity index (χ3n) is 4.76. The molecule has 23 heavy (non-hydrogen) atoms. The van der Waals surface area contributed by atoms with Gasteiger partial charge in [-0.2, -0.15) is 5.10 Å². The minimum absolute atomic E-state index is 0.125. The van der Waals surface area contributed by atoms with Gasteiger partial charge in [0.2, 0.25) is 0 Å². The maximum atomic E-state index is 12.6. The number of hydrogen-bond donors (Lipinski definition) is 2. The molecule has 1 fully saturated rings. The number of carbonyl (C=O) groups is 1. The van der Waals surface area contributed by atoms with E-state index < -0.39 is 0 Å². The molecule has 124 valence electrons. The second-order valence-corrected chi connectivity index (χ2v) is 7.59. The van der Waals surface area contributed by atoms with Gasteiger partial charge in [0.15, 0.2) is 0 Å². The van der Waals surface area contributed by atoms with E-state index in [-0.39, 0.29) is 17.4 Å². The van der Waals surface area contributed by atoms with Gasteiger partial charge in [-0.25, -0.2) is 0 Å². The Morgan fingerprint density at radius 1 is 1.57 bits per heavy atom. The van der Waals surface area contributed by atoms with E-state index in [9.17, 15) is 9.90 Å². The Morgan fingerprint density at radius 2 is 2.39 bits per heavy atom. The molecular formula is C17H23N3O2S. The number of amides is 1. The number of aliphatic hydroxyl groups is 1. The zero-order chi connectivity index (χ0) is 16.4. The molecule has 0 aromatic carbocycles. The van der Waals surface area contributed by atoms with Crippen molar-refractivity contribution in [3.63, 3.8) is 0 Å². The molecule has 3 rings (SSSR count). The van der Waals surface area contributed by atoms with Crippen molar-refractivity contribution < 1.29 is 9.90 Å². The van der Waals surface area contributed by atoms with Crippen LogP contribution in [0.5, 0.6) is 0 Å². The normalized spacial score (nSPS) is 24.6. The van der Waals surface area contributed by atoms with Crippen LogP contribution < -0.4 is 5.32 Å². The lowest BCUT2D eigenvalue weighted by molar-refractivity contribution is 0.00191. The Labute approximate surface area is 140 Å². The van der Waals surface area contributed by atoms with Crippen LogP contribution in [0.25, 0.3) is 10.6 Å². The zero-order valence-corrected chi connectivity index (χ0v) is 14.4. The van der Waals surface area contributed by atoms with Gasteiger partial charge in [0.05, 0.1) is 16.5 Å². The van der Waals surface area contributed by atoms with Crippen molar-refractivity contribution in [3.8, 4) is 10.6 Å². The molecule has 6 heteroatoms. The molecule has 1 saturated carbocycles. The highest BCUT2D eigenvalue weighted by Gasteiger charge is 2.35. The fourth-order valence-corrected chi connectivity index (χ4v) is 3.94. The number of nitrogens with one attached hydrogen (secondary N) is 1. The first-order valence-electron chi connectivity index (χ1n) is 8.03. The van der Waals surface area contributed by atoms with Gasteiger partial charge in [0.25, 0.3) is 5.91 Å². The Morgan fingerprint density at radius 3 is 3.09 bits per heavy atom. The standard InChI is InChI=1S/C17H23N3O2S/c1-17(8-4-3-7-14(17)21)11-18-16(22)12-10-20(2)19-15(12)13-6-5-9-23-13/h5-6,9-10,14,21H,3-4,7-8,11H2,1-2H3,(H,18,22). The van der Waals surface area contributed by atoms with Gasteiger partial charge in [-0.15, -0.1) is 11.3 Å². The zero-order valence-electron chi connectivity index (χ0n) is 13.6. The van der Waals surface area contributed by atoms with Crippen LogP contribution in [0.3, 0.4) is 0 Å². The smallest absolute Gasteiger partial charge is 0.255 e. The minimum atomic E-state index is -0.345. The Bertz CT molecular complexity index is 680. The van der Waals surface area contributed by atoms with E-state index in [1.54, 1.807) is 22.2 Å². The van der Waals surface area contributed by atoms with E-state index in [0.29, 0.717) is 17.8 Å². The number of aryl methyl sites for hydroxylation is 1. The number of thiophene rings is 1. The summed E-state index contributed by atoms with van der Waals surface area (Å²) in [5.41, 5.74) is 1.07. The van der Waals surface area contributed by atoms with Crippen LogP contribution in [0.4, 0.5) is 0 Å². The van der Waals surface area contributed by atoms with Crippen LogP contribution >= 0.6 is 11.3 Å². The molecule has 0 saturated heterocycles. The van der Waals surface area contributed by atoms with Gasteiger partial charge in [-0.3, -0.25) is 9.48 Å². The van der Waals surface area contributed by atoms with Crippen LogP contribution in [0, 0.1) is 5.41 Å². The summed E-state index contributed by atoms with van der Waals surface area (Å²) in [5.74, 6) is -0.125. The number of nitrogens with zero attached hydrogens (tertiary/aromatic N) is 2. The lowest BCUT2D eigenvalue weighted by Crippen LogP contribution is -2.45. The third-order valence-corrected chi connectivity index (χ3v) is 5.64. The van der Waals surface area contributed by atoms with Crippen molar-refractivity contribution in [1.29, 1.82) is 0 Å². The maximum Gasteiger partial charge on any atom is 0.255 e. The highest BCUT2D eigenvalue weighted by atomic mass is 32.1. The summed E-state index contributed by atoms with van der Waals surface area (Å²) < 4.78 is 1.67. The Hall–Kier alpha value is -1.66. The molecule has 2 N–H and O–H groups in total. The summed E-state index contributed by atoms with van der Waals surface area (Å²) in [7, 11) is 1.82. The molecular weight excluding hydrogens is 310 g/mol. The van der Waals surface area contributed by atoms with Gasteiger partial charge < -0.3 is 10.4 Å². The number of carbonyl (C=O) groups excluding carboxylic acids is 1. The average molecular weight is 333 g/mol. The van der Waals surface area contributed by atoms with E-state index in [4.69, 9.17) is 0 Å². The van der Waals surface area contributed by atoms with Crippen LogP contribution in [-0.2, 0) is 7.05 Å². The molecule has 1 aliphatic rings. The fraction of sp³-hybridized carbons (Fsp3) is 0.529. The lowest BCUT2D eigenvalue weighted by atomic mass is 9.73. The average Bonchev–Trinajstić information content (AvgIpc) is 3.17. The van der Waals surface area contributed by atoms with E-state index in [0.717, 1.165) is 30.6 Å². The SMILES string of the molecule is Cn1cc(C(=O)NCC2(C)CCCCC2O)c(-c2cccs2)n1. The van der Waals surface area contributed by atoms with Crippen molar-refractivity contribution in [2.24, 2.45) is 12.5 Å². The van der Waals surface area contributed by atoms with Crippen LogP contribution in [0.2, 0.25) is 0 Å². The summed E-state index contributed by atoms with van der Waals surface area (Å²) in [6.07, 6.45) is 5.34. The van der Waals surface area contributed by atoms with Gasteiger partial charge in [-0.1, -0.05) is 25.8 Å². The first-order valence-corrected chi connectivity index (χ1v) is 8.91. The van der Waals surface area contributed by atoms with Gasteiger partial charge >= 0.3 is 0 Å². The number of rotatable bonds is 4. The molecule has 1 aliphatic carbocycles. The molecule has 2 aromatic rings. The van der Waals surface area contributed by atoms with Crippen molar-refractivity contribution >= 4 is 17.2 Å². The Kier molecular flexibility index (Phi) is 4.55. The predicted octanol–water partition coefficient (Wildman–Crippen LogP) is 2.82. The van der Waals surface area contributed by atoms with E-state index in [1.807, 2.05) is 24.6 Å². The number of aliphatic hydroxyl groups excluding tert-OH is 1. The van der Waals surface area contributed by atoms with Crippen LogP contribution in [-0.4, -0.2) is 33.4 Å². The molecule has 2 atom stereocenters. The fourth-order valence-electron chi connectivity index (χ4n) is 3.22. The summed E-state index contributed by atoms with van der Waals surface area (Å²) >= 11 is 1.57. The molecule has 0 spiro atoms. The molecule has 5 nitrogen and oxygen atoms in total. The van der Waals surface area contributed by atoms with Gasteiger partial charge in [-0.05, 0) is 24.3 Å². The summed E-state index contributed by atoms with van der Waals surface area (Å²) in [6.45, 7) is 2.55. The maximum absolute atomic E-state index is 12.6. The second-order valence-electron chi connectivity index (χ2n) is 6.64. The Balaban J connectivity index is 1.74. The monoisotopic (exact) mass is 333 g/mol. The first-order chi connectivity index (χ1) is 11.0. The number of aromatic nitrogens is 2. The molecule has 1 amide bonds. The molecule has 2 heterocycles. The highest BCUT2D eigenvalue weighted by molar-refractivity contribution is 7.13. The highest BCUT2D eigenvalue weighted by Crippen LogP contribution is 2.35. The van der Waals surface area contributed by atoms with Crippen molar-refractivity contribution in [2.45, 2.75) is 38.7 Å².